The smallest absolute Gasteiger partial charge is 0.387 e. The fourth-order valence-electron chi connectivity index (χ4n) is 4.00. The molecule has 1 aromatic carbocycles. The normalized spacial score (nSPS) is 29.2. The Balaban J connectivity index is 2.05. The molecule has 26 heavy (non-hydrogen) atoms. The maximum absolute atomic E-state index is 13.2. The Labute approximate surface area is 151 Å². The average Bonchev–Trinajstić information content (AvgIpc) is 2.82. The summed E-state index contributed by atoms with van der Waals surface area (Å²) in [6.45, 7) is 0.692. The summed E-state index contributed by atoms with van der Waals surface area (Å²) in [5.74, 6) is 0.138. The van der Waals surface area contributed by atoms with Gasteiger partial charge in [0, 0.05) is 25.8 Å². The third-order valence-electron chi connectivity index (χ3n) is 5.53. The Morgan fingerprint density at radius 1 is 1.38 bits per heavy atom. The first-order valence-electron chi connectivity index (χ1n) is 8.76. The molecule has 0 aromatic heterocycles. The summed E-state index contributed by atoms with van der Waals surface area (Å²) in [7, 11) is 3.74. The predicted molar refractivity (Wildman–Crippen MR) is 93.2 cm³/mol. The van der Waals surface area contributed by atoms with Crippen LogP contribution in [-0.2, 0) is 10.3 Å². The van der Waals surface area contributed by atoms with Crippen LogP contribution in [0.15, 0.2) is 23.2 Å². The molecule has 0 bridgehead atoms. The first-order valence-corrected chi connectivity index (χ1v) is 8.76. The highest BCUT2D eigenvalue weighted by Crippen LogP contribution is 2.44. The molecule has 0 saturated carbocycles. The molecule has 2 aliphatic rings. The Morgan fingerprint density at radius 3 is 2.54 bits per heavy atom. The lowest BCUT2D eigenvalue weighted by Gasteiger charge is -2.37. The van der Waals surface area contributed by atoms with Gasteiger partial charge < -0.3 is 15.4 Å². The average molecular weight is 367 g/mol. The van der Waals surface area contributed by atoms with E-state index in [0.717, 1.165) is 25.9 Å². The molecule has 0 aliphatic carbocycles. The number of carbonyl (C=O) groups excluding carboxylic acids is 1. The SMILES string of the molecule is Cc1cc(C2(C3CC[NH+](C)CC3)N=C(N)N(C)C2=O)ccc1OC(F)F. The summed E-state index contributed by atoms with van der Waals surface area (Å²) < 4.78 is 29.6. The number of piperidine rings is 1. The zero-order chi connectivity index (χ0) is 19.1. The van der Waals surface area contributed by atoms with Gasteiger partial charge in [-0.15, -0.1) is 0 Å². The second-order valence-corrected chi connectivity index (χ2v) is 7.19. The van der Waals surface area contributed by atoms with E-state index in [1.807, 2.05) is 0 Å². The molecule has 6 nitrogen and oxygen atoms in total. The van der Waals surface area contributed by atoms with Crippen molar-refractivity contribution in [2.45, 2.75) is 31.9 Å². The number of amides is 1. The summed E-state index contributed by atoms with van der Waals surface area (Å²) in [6, 6.07) is 4.86. The molecule has 1 fully saturated rings. The third kappa shape index (κ3) is 3.02. The number of likely N-dealkylation sites (tertiary alicyclic amines) is 1. The second kappa shape index (κ2) is 6.83. The number of quaternary nitrogens is 1. The first-order chi connectivity index (χ1) is 12.3. The molecule has 1 saturated heterocycles. The van der Waals surface area contributed by atoms with Crippen molar-refractivity contribution in [3.8, 4) is 5.75 Å². The maximum Gasteiger partial charge on any atom is 0.387 e. The van der Waals surface area contributed by atoms with Gasteiger partial charge >= 0.3 is 6.61 Å². The van der Waals surface area contributed by atoms with Gasteiger partial charge in [-0.2, -0.15) is 8.78 Å². The van der Waals surface area contributed by atoms with Crippen LogP contribution in [0.1, 0.15) is 24.0 Å². The molecule has 3 rings (SSSR count). The zero-order valence-electron chi connectivity index (χ0n) is 15.3. The molecule has 0 radical (unpaired) electrons. The van der Waals surface area contributed by atoms with Crippen LogP contribution < -0.4 is 15.4 Å². The van der Waals surface area contributed by atoms with Crippen molar-refractivity contribution in [1.29, 1.82) is 0 Å². The van der Waals surface area contributed by atoms with Crippen LogP contribution in [-0.4, -0.2) is 50.6 Å². The van der Waals surface area contributed by atoms with E-state index in [2.05, 4.69) is 16.8 Å². The van der Waals surface area contributed by atoms with Gasteiger partial charge in [0.15, 0.2) is 11.5 Å². The predicted octanol–water partition coefficient (Wildman–Crippen LogP) is 0.503. The molecule has 8 heteroatoms. The minimum absolute atomic E-state index is 0.0171. The third-order valence-corrected chi connectivity index (χ3v) is 5.53. The van der Waals surface area contributed by atoms with Gasteiger partial charge in [-0.1, -0.05) is 6.07 Å². The number of nitrogens with one attached hydrogen (secondary N) is 1. The molecule has 1 atom stereocenters. The summed E-state index contributed by atoms with van der Waals surface area (Å²) in [5, 5.41) is 0. The van der Waals surface area contributed by atoms with Crippen LogP contribution >= 0.6 is 0 Å². The number of guanidine groups is 1. The molecular formula is C18H25F2N4O2+. The van der Waals surface area contributed by atoms with Crippen molar-refractivity contribution < 1.29 is 23.2 Å². The lowest BCUT2D eigenvalue weighted by Crippen LogP contribution is -3.10. The highest BCUT2D eigenvalue weighted by atomic mass is 19.3. The van der Waals surface area contributed by atoms with Crippen molar-refractivity contribution in [3.05, 3.63) is 29.3 Å². The Kier molecular flexibility index (Phi) is 4.88. The molecule has 142 valence electrons. The fraction of sp³-hybridized carbons (Fsp3) is 0.556. The van der Waals surface area contributed by atoms with Gasteiger partial charge in [0.25, 0.3) is 5.91 Å². The van der Waals surface area contributed by atoms with E-state index in [-0.39, 0.29) is 23.5 Å². The van der Waals surface area contributed by atoms with E-state index in [9.17, 15) is 13.6 Å². The number of nitrogens with two attached hydrogens (primary N) is 1. The van der Waals surface area contributed by atoms with Crippen LogP contribution in [0.4, 0.5) is 8.78 Å². The maximum atomic E-state index is 13.2. The van der Waals surface area contributed by atoms with Crippen molar-refractivity contribution in [1.82, 2.24) is 4.90 Å². The van der Waals surface area contributed by atoms with Gasteiger partial charge in [-0.05, 0) is 30.2 Å². The number of aliphatic imine (C=N–C) groups is 1. The number of halogens is 2. The molecular weight excluding hydrogens is 342 g/mol. The number of ether oxygens (including phenoxy) is 1. The molecule has 1 aromatic rings. The number of benzene rings is 1. The van der Waals surface area contributed by atoms with Gasteiger partial charge in [0.05, 0.1) is 20.1 Å². The minimum atomic E-state index is -2.89. The van der Waals surface area contributed by atoms with E-state index >= 15 is 0 Å². The largest absolute Gasteiger partial charge is 0.435 e. The number of hydrogen-bond donors (Lipinski definition) is 2. The summed E-state index contributed by atoms with van der Waals surface area (Å²) in [6.07, 6.45) is 1.69. The Hall–Kier alpha value is -2.22. The van der Waals surface area contributed by atoms with Gasteiger partial charge in [-0.25, -0.2) is 4.99 Å². The van der Waals surface area contributed by atoms with Crippen LogP contribution in [0.2, 0.25) is 0 Å². The Morgan fingerprint density at radius 2 is 2.04 bits per heavy atom. The lowest BCUT2D eigenvalue weighted by atomic mass is 9.73. The number of hydrogen-bond acceptors (Lipinski definition) is 4. The number of rotatable bonds is 4. The molecule has 2 heterocycles. The highest BCUT2D eigenvalue weighted by Gasteiger charge is 2.54. The van der Waals surface area contributed by atoms with Crippen molar-refractivity contribution in [2.75, 3.05) is 27.2 Å². The summed E-state index contributed by atoms with van der Waals surface area (Å²) in [5.41, 5.74) is 6.10. The molecule has 1 amide bonds. The van der Waals surface area contributed by atoms with Crippen LogP contribution in [0, 0.1) is 12.8 Å². The molecule has 0 spiro atoms. The first kappa shape index (κ1) is 18.6. The quantitative estimate of drug-likeness (QED) is 0.814. The molecule has 3 N–H and O–H groups in total. The number of carbonyl (C=O) groups is 1. The van der Waals surface area contributed by atoms with Crippen LogP contribution in [0.25, 0.3) is 0 Å². The van der Waals surface area contributed by atoms with E-state index in [1.54, 1.807) is 26.1 Å². The van der Waals surface area contributed by atoms with E-state index in [4.69, 9.17) is 5.73 Å². The lowest BCUT2D eigenvalue weighted by molar-refractivity contribution is -0.886. The van der Waals surface area contributed by atoms with Crippen molar-refractivity contribution in [3.63, 3.8) is 0 Å². The van der Waals surface area contributed by atoms with Crippen molar-refractivity contribution in [2.24, 2.45) is 16.6 Å². The highest BCUT2D eigenvalue weighted by molar-refractivity contribution is 6.07. The van der Waals surface area contributed by atoms with Gasteiger partial charge in [0.1, 0.15) is 5.75 Å². The minimum Gasteiger partial charge on any atom is -0.435 e. The monoisotopic (exact) mass is 367 g/mol. The summed E-state index contributed by atoms with van der Waals surface area (Å²) >= 11 is 0. The standard InChI is InChI=1S/C18H24F2N4O2/c1-11-10-13(4-5-14(11)26-16(19)20)18(12-6-8-23(2)9-7-12)15(25)24(3)17(21)22-18/h4-5,10,12,16H,6-9H2,1-3H3,(H2,21,22)/p+1. The van der Waals surface area contributed by atoms with E-state index in [0.29, 0.717) is 11.1 Å². The number of alkyl halides is 2. The topological polar surface area (TPSA) is 72.4 Å². The summed E-state index contributed by atoms with van der Waals surface area (Å²) in [4.78, 5) is 20.6. The number of likely N-dealkylation sites (N-methyl/N-ethyl adjacent to an activating group) is 1. The second-order valence-electron chi connectivity index (χ2n) is 7.19. The fourth-order valence-corrected chi connectivity index (χ4v) is 4.00. The zero-order valence-corrected chi connectivity index (χ0v) is 15.3. The molecule has 2 aliphatic heterocycles. The number of aryl methyl sites for hydroxylation is 1. The Bertz CT molecular complexity index is 732. The van der Waals surface area contributed by atoms with Crippen LogP contribution in [0.5, 0.6) is 5.75 Å². The van der Waals surface area contributed by atoms with Crippen molar-refractivity contribution >= 4 is 11.9 Å². The van der Waals surface area contributed by atoms with Crippen LogP contribution in [0.3, 0.4) is 0 Å². The molecule has 1 unspecified atom stereocenters. The number of nitrogens with zero attached hydrogens (tertiary/aromatic N) is 2. The van der Waals surface area contributed by atoms with E-state index < -0.39 is 12.2 Å². The van der Waals surface area contributed by atoms with E-state index in [1.165, 1.54) is 15.9 Å². The van der Waals surface area contributed by atoms with Gasteiger partial charge in [0.2, 0.25) is 0 Å². The van der Waals surface area contributed by atoms with Gasteiger partial charge in [-0.3, -0.25) is 9.69 Å².